The highest BCUT2D eigenvalue weighted by molar-refractivity contribution is 5.91. The Bertz CT molecular complexity index is 832. The van der Waals surface area contributed by atoms with Crippen LogP contribution in [0.3, 0.4) is 0 Å². The molecule has 4 heterocycles. The van der Waals surface area contributed by atoms with Crippen molar-refractivity contribution < 1.29 is 29.0 Å². The molecule has 31 heavy (non-hydrogen) atoms. The third-order valence-corrected chi connectivity index (χ3v) is 5.92. The first-order valence-corrected chi connectivity index (χ1v) is 10.3. The van der Waals surface area contributed by atoms with Gasteiger partial charge in [0, 0.05) is 32.3 Å². The maximum atomic E-state index is 12.3. The van der Waals surface area contributed by atoms with Crippen LogP contribution in [0.2, 0.25) is 0 Å². The zero-order valence-corrected chi connectivity index (χ0v) is 17.6. The number of piperidine rings is 1. The fourth-order valence-corrected chi connectivity index (χ4v) is 4.26. The predicted molar refractivity (Wildman–Crippen MR) is 111 cm³/mol. The second kappa shape index (κ2) is 10.0. The summed E-state index contributed by atoms with van der Waals surface area (Å²) in [5.41, 5.74) is -0.310. The van der Waals surface area contributed by atoms with Crippen molar-refractivity contribution in [3.8, 4) is 0 Å². The highest BCUT2D eigenvalue weighted by atomic mass is 16.5. The number of likely N-dealkylation sites (tertiary alicyclic amines) is 1. The Morgan fingerprint density at radius 1 is 1.32 bits per heavy atom. The van der Waals surface area contributed by atoms with Gasteiger partial charge in [0.25, 0.3) is 12.4 Å². The normalized spacial score (nSPS) is 25.3. The van der Waals surface area contributed by atoms with E-state index in [0.29, 0.717) is 13.0 Å². The van der Waals surface area contributed by atoms with E-state index in [-0.39, 0.29) is 23.7 Å². The Hall–Kier alpha value is -2.75. The molecule has 2 aliphatic rings. The van der Waals surface area contributed by atoms with Crippen LogP contribution in [-0.4, -0.2) is 69.4 Å². The van der Waals surface area contributed by atoms with Gasteiger partial charge in [0.05, 0.1) is 35.8 Å². The van der Waals surface area contributed by atoms with Crippen LogP contribution in [0.4, 0.5) is 0 Å². The third-order valence-electron chi connectivity index (χ3n) is 5.92. The van der Waals surface area contributed by atoms with E-state index in [9.17, 15) is 9.90 Å². The number of carbonyl (C=O) groups is 2. The zero-order valence-electron chi connectivity index (χ0n) is 17.6. The highest BCUT2D eigenvalue weighted by Crippen LogP contribution is 2.39. The molecule has 2 aliphatic heterocycles. The summed E-state index contributed by atoms with van der Waals surface area (Å²) in [6.45, 7) is 4.45. The van der Waals surface area contributed by atoms with E-state index >= 15 is 0 Å². The number of nitrogens with one attached hydrogen (secondary N) is 1. The van der Waals surface area contributed by atoms with Crippen molar-refractivity contribution >= 4 is 12.4 Å². The summed E-state index contributed by atoms with van der Waals surface area (Å²) in [6.07, 6.45) is 5.49. The molecule has 2 fully saturated rings. The van der Waals surface area contributed by atoms with E-state index in [4.69, 9.17) is 19.1 Å². The van der Waals surface area contributed by atoms with Gasteiger partial charge in [-0.1, -0.05) is 6.07 Å². The van der Waals surface area contributed by atoms with E-state index in [1.54, 1.807) is 19.1 Å². The molecule has 2 atom stereocenters. The van der Waals surface area contributed by atoms with Crippen molar-refractivity contribution in [3.63, 3.8) is 0 Å². The number of pyridine rings is 1. The number of carbonyl (C=O) groups excluding carboxylic acids is 1. The Morgan fingerprint density at radius 2 is 2.06 bits per heavy atom. The van der Waals surface area contributed by atoms with E-state index in [2.05, 4.69) is 15.2 Å². The lowest BCUT2D eigenvalue weighted by Gasteiger charge is -2.51. The van der Waals surface area contributed by atoms with Crippen LogP contribution in [0.5, 0.6) is 0 Å². The SMILES string of the molecule is C[C@]1(O)CC2(CCN(Cc3ccccn3)CC2)OC[C@@H]1NC(=O)c1ccco1.O=CO. The first-order chi connectivity index (χ1) is 14.9. The first kappa shape index (κ1) is 22.9. The van der Waals surface area contributed by atoms with Crippen molar-refractivity contribution in [2.45, 2.75) is 50.0 Å². The van der Waals surface area contributed by atoms with Crippen molar-refractivity contribution in [3.05, 3.63) is 54.2 Å². The molecule has 2 aromatic rings. The van der Waals surface area contributed by atoms with E-state index in [1.807, 2.05) is 24.4 Å². The Balaban J connectivity index is 0.000000858. The number of hydrogen-bond acceptors (Lipinski definition) is 7. The molecule has 0 aliphatic carbocycles. The summed E-state index contributed by atoms with van der Waals surface area (Å²) in [5, 5.41) is 20.8. The van der Waals surface area contributed by atoms with E-state index in [1.165, 1.54) is 6.26 Å². The average molecular weight is 431 g/mol. The maximum absolute atomic E-state index is 12.3. The fraction of sp³-hybridized carbons (Fsp3) is 0.500. The number of aliphatic hydroxyl groups is 1. The summed E-state index contributed by atoms with van der Waals surface area (Å²) in [7, 11) is 0. The second-order valence-electron chi connectivity index (χ2n) is 8.23. The molecule has 2 aromatic heterocycles. The summed E-state index contributed by atoms with van der Waals surface area (Å²) in [4.78, 5) is 27.4. The van der Waals surface area contributed by atoms with Gasteiger partial charge in [-0.15, -0.1) is 0 Å². The van der Waals surface area contributed by atoms with E-state index in [0.717, 1.165) is 38.2 Å². The highest BCUT2D eigenvalue weighted by Gasteiger charge is 2.49. The van der Waals surface area contributed by atoms with Gasteiger partial charge in [-0.3, -0.25) is 19.5 Å². The Morgan fingerprint density at radius 3 is 2.65 bits per heavy atom. The number of nitrogens with zero attached hydrogens (tertiary/aromatic N) is 2. The summed E-state index contributed by atoms with van der Waals surface area (Å²) >= 11 is 0. The molecule has 0 radical (unpaired) electrons. The molecule has 0 unspecified atom stereocenters. The average Bonchev–Trinajstić information content (AvgIpc) is 3.28. The minimum absolute atomic E-state index is 0.235. The number of hydrogen-bond donors (Lipinski definition) is 3. The number of rotatable bonds is 4. The van der Waals surface area contributed by atoms with Crippen LogP contribution >= 0.6 is 0 Å². The van der Waals surface area contributed by atoms with Crippen LogP contribution in [0.15, 0.2) is 47.2 Å². The summed E-state index contributed by atoms with van der Waals surface area (Å²) < 4.78 is 11.4. The lowest BCUT2D eigenvalue weighted by atomic mass is 9.75. The van der Waals surface area contributed by atoms with Gasteiger partial charge in [0.1, 0.15) is 0 Å². The number of amides is 1. The molecule has 1 spiro atoms. The molecule has 168 valence electrons. The molecule has 2 saturated heterocycles. The number of aromatic nitrogens is 1. The Labute approximate surface area is 181 Å². The van der Waals surface area contributed by atoms with Crippen LogP contribution in [0, 0.1) is 0 Å². The smallest absolute Gasteiger partial charge is 0.290 e. The zero-order chi connectivity index (χ0) is 22.3. The third kappa shape index (κ3) is 5.90. The largest absolute Gasteiger partial charge is 0.483 e. The molecule has 0 bridgehead atoms. The van der Waals surface area contributed by atoms with Crippen LogP contribution in [0.25, 0.3) is 0 Å². The van der Waals surface area contributed by atoms with Gasteiger partial charge in [-0.05, 0) is 44.0 Å². The van der Waals surface area contributed by atoms with Crippen molar-refractivity contribution in [1.29, 1.82) is 0 Å². The van der Waals surface area contributed by atoms with Crippen molar-refractivity contribution in [2.75, 3.05) is 19.7 Å². The van der Waals surface area contributed by atoms with Gasteiger partial charge >= 0.3 is 0 Å². The predicted octanol–water partition coefficient (Wildman–Crippen LogP) is 1.68. The van der Waals surface area contributed by atoms with Crippen LogP contribution < -0.4 is 5.32 Å². The molecule has 0 aromatic carbocycles. The molecule has 4 rings (SSSR count). The van der Waals surface area contributed by atoms with Gasteiger partial charge in [-0.2, -0.15) is 0 Å². The topological polar surface area (TPSA) is 125 Å². The molecule has 9 heteroatoms. The molecule has 3 N–H and O–H groups in total. The van der Waals surface area contributed by atoms with Crippen molar-refractivity contribution in [2.24, 2.45) is 0 Å². The van der Waals surface area contributed by atoms with E-state index < -0.39 is 11.6 Å². The van der Waals surface area contributed by atoms with Gasteiger partial charge in [0.2, 0.25) is 0 Å². The summed E-state index contributed by atoms with van der Waals surface area (Å²) in [5.74, 6) is -0.0982. The molecule has 9 nitrogen and oxygen atoms in total. The Kier molecular flexibility index (Phi) is 7.42. The monoisotopic (exact) mass is 431 g/mol. The quantitative estimate of drug-likeness (QED) is 0.625. The second-order valence-corrected chi connectivity index (χ2v) is 8.23. The van der Waals surface area contributed by atoms with Crippen LogP contribution in [-0.2, 0) is 16.1 Å². The number of ether oxygens (including phenoxy) is 1. The van der Waals surface area contributed by atoms with Gasteiger partial charge < -0.3 is 24.7 Å². The minimum atomic E-state index is -1.04. The molecule has 1 amide bonds. The fourth-order valence-electron chi connectivity index (χ4n) is 4.26. The first-order valence-electron chi connectivity index (χ1n) is 10.3. The molecular formula is C22H29N3O6. The molecule has 0 saturated carbocycles. The maximum Gasteiger partial charge on any atom is 0.290 e. The lowest BCUT2D eigenvalue weighted by molar-refractivity contribution is -0.186. The van der Waals surface area contributed by atoms with Crippen molar-refractivity contribution in [1.82, 2.24) is 15.2 Å². The summed E-state index contributed by atoms with van der Waals surface area (Å²) in [6, 6.07) is 8.77. The lowest BCUT2D eigenvalue weighted by Crippen LogP contribution is -2.63. The van der Waals surface area contributed by atoms with Gasteiger partial charge in [0.15, 0.2) is 5.76 Å². The molecular weight excluding hydrogens is 402 g/mol. The standard InChI is InChI=1S/C21H27N3O4.CH2O2/c1-20(26)15-21(28-14-18(20)23-19(25)17-6-4-12-27-17)7-10-24(11-8-21)13-16-5-2-3-9-22-16;2-1-3/h2-6,9,12,18,26H,7-8,10-11,13-15H2,1H3,(H,23,25);1H,(H,2,3)/t18-,20-;/m0./s1. The number of furan rings is 1. The van der Waals surface area contributed by atoms with Crippen LogP contribution in [0.1, 0.15) is 42.4 Å². The van der Waals surface area contributed by atoms with Gasteiger partial charge in [-0.25, -0.2) is 0 Å². The minimum Gasteiger partial charge on any atom is -0.483 e. The number of carboxylic acid groups (broad SMARTS) is 1.